The average molecular weight is 229 g/mol. The van der Waals surface area contributed by atoms with Crippen molar-refractivity contribution in [3.05, 3.63) is 36.0 Å². The third kappa shape index (κ3) is 2.41. The summed E-state index contributed by atoms with van der Waals surface area (Å²) in [5.41, 5.74) is 2.02. The number of unbranched alkanes of at least 4 members (excludes halogenated alkanes) is 2. The largest absolute Gasteiger partial charge is 0.347 e. The minimum atomic E-state index is 0.149. The number of carbonyl (C=O) groups is 1. The molecule has 0 saturated carbocycles. The Labute approximate surface area is 102 Å². The first-order chi connectivity index (χ1) is 8.24. The van der Waals surface area contributed by atoms with Crippen LogP contribution >= 0.6 is 0 Å². The number of para-hydroxylation sites is 1. The Kier molecular flexibility index (Phi) is 3.62. The molecular weight excluding hydrogens is 210 g/mol. The van der Waals surface area contributed by atoms with Crippen LogP contribution in [0.3, 0.4) is 0 Å². The zero-order valence-corrected chi connectivity index (χ0v) is 10.6. The Bertz CT molecular complexity index is 525. The predicted molar refractivity (Wildman–Crippen MR) is 71.5 cm³/mol. The Hall–Kier alpha value is -1.57. The van der Waals surface area contributed by atoms with Gasteiger partial charge in [0.1, 0.15) is 0 Å². The Morgan fingerprint density at radius 1 is 1.24 bits per heavy atom. The van der Waals surface area contributed by atoms with Crippen molar-refractivity contribution in [2.24, 2.45) is 0 Å². The van der Waals surface area contributed by atoms with Crippen molar-refractivity contribution in [1.29, 1.82) is 0 Å². The molecule has 0 unspecified atom stereocenters. The molecule has 0 atom stereocenters. The van der Waals surface area contributed by atoms with Crippen molar-refractivity contribution in [2.75, 3.05) is 0 Å². The van der Waals surface area contributed by atoms with Crippen LogP contribution in [0.1, 0.15) is 43.5 Å². The molecule has 0 aliphatic rings. The fraction of sp³-hybridized carbons (Fsp3) is 0.400. The van der Waals surface area contributed by atoms with Gasteiger partial charge in [0.05, 0.1) is 0 Å². The second kappa shape index (κ2) is 5.17. The lowest BCUT2D eigenvalue weighted by Crippen LogP contribution is -1.96. The number of rotatable bonds is 5. The number of carbonyl (C=O) groups excluding carboxylic acids is 1. The summed E-state index contributed by atoms with van der Waals surface area (Å²) in [4.78, 5) is 11.6. The van der Waals surface area contributed by atoms with E-state index in [2.05, 4.69) is 17.6 Å². The second-order valence-electron chi connectivity index (χ2n) is 4.52. The van der Waals surface area contributed by atoms with Gasteiger partial charge in [-0.1, -0.05) is 38.0 Å². The third-order valence-corrected chi connectivity index (χ3v) is 3.17. The zero-order valence-electron chi connectivity index (χ0n) is 10.6. The van der Waals surface area contributed by atoms with Gasteiger partial charge in [0.15, 0.2) is 5.78 Å². The van der Waals surface area contributed by atoms with Gasteiger partial charge in [-0.05, 0) is 19.4 Å². The summed E-state index contributed by atoms with van der Waals surface area (Å²) < 4.78 is 2.21. The maximum Gasteiger partial charge on any atom is 0.161 e. The number of Topliss-reactive ketones (excluding diaryl/α,β-unsaturated/α-hetero) is 1. The quantitative estimate of drug-likeness (QED) is 0.560. The van der Waals surface area contributed by atoms with Gasteiger partial charge < -0.3 is 4.57 Å². The fourth-order valence-corrected chi connectivity index (χ4v) is 2.24. The van der Waals surface area contributed by atoms with Crippen LogP contribution in [0, 0.1) is 0 Å². The van der Waals surface area contributed by atoms with E-state index in [0.29, 0.717) is 0 Å². The maximum absolute atomic E-state index is 11.6. The van der Waals surface area contributed by atoms with Gasteiger partial charge in [-0.25, -0.2) is 0 Å². The standard InChI is InChI=1S/C15H19NO/c1-3-4-7-10-16-11-14(12(2)17)13-8-5-6-9-15(13)16/h5-6,8-9,11H,3-4,7,10H2,1-2H3. The van der Waals surface area contributed by atoms with Crippen molar-refractivity contribution >= 4 is 16.7 Å². The fourth-order valence-electron chi connectivity index (χ4n) is 2.24. The summed E-state index contributed by atoms with van der Waals surface area (Å²) in [7, 11) is 0. The van der Waals surface area contributed by atoms with Gasteiger partial charge in [0, 0.05) is 29.2 Å². The van der Waals surface area contributed by atoms with E-state index < -0.39 is 0 Å². The first-order valence-corrected chi connectivity index (χ1v) is 6.33. The Morgan fingerprint density at radius 3 is 2.71 bits per heavy atom. The highest BCUT2D eigenvalue weighted by Crippen LogP contribution is 2.22. The van der Waals surface area contributed by atoms with Gasteiger partial charge in [-0.15, -0.1) is 0 Å². The summed E-state index contributed by atoms with van der Waals surface area (Å²) in [6, 6.07) is 8.14. The summed E-state index contributed by atoms with van der Waals surface area (Å²) in [5.74, 6) is 0.149. The molecule has 0 saturated heterocycles. The molecule has 2 nitrogen and oxygen atoms in total. The summed E-state index contributed by atoms with van der Waals surface area (Å²) in [5, 5.41) is 1.08. The second-order valence-corrected chi connectivity index (χ2v) is 4.52. The van der Waals surface area contributed by atoms with E-state index in [4.69, 9.17) is 0 Å². The molecule has 2 heteroatoms. The smallest absolute Gasteiger partial charge is 0.161 e. The number of aromatic nitrogens is 1. The third-order valence-electron chi connectivity index (χ3n) is 3.17. The van der Waals surface area contributed by atoms with Crippen LogP contribution in [0.25, 0.3) is 10.9 Å². The molecule has 2 rings (SSSR count). The highest BCUT2D eigenvalue weighted by atomic mass is 16.1. The van der Waals surface area contributed by atoms with Crippen LogP contribution in [0.2, 0.25) is 0 Å². The highest BCUT2D eigenvalue weighted by Gasteiger charge is 2.10. The maximum atomic E-state index is 11.6. The molecular formula is C15H19NO. The van der Waals surface area contributed by atoms with E-state index in [9.17, 15) is 4.79 Å². The number of fused-ring (bicyclic) bond motifs is 1. The van der Waals surface area contributed by atoms with E-state index in [1.165, 1.54) is 24.8 Å². The number of aryl methyl sites for hydroxylation is 1. The van der Waals surface area contributed by atoms with Gasteiger partial charge in [-0.2, -0.15) is 0 Å². The van der Waals surface area contributed by atoms with Gasteiger partial charge >= 0.3 is 0 Å². The lowest BCUT2D eigenvalue weighted by molar-refractivity contribution is 0.101. The lowest BCUT2D eigenvalue weighted by Gasteiger charge is -2.03. The summed E-state index contributed by atoms with van der Waals surface area (Å²) in [6.45, 7) is 4.84. The zero-order chi connectivity index (χ0) is 12.3. The molecule has 1 aromatic heterocycles. The van der Waals surface area contributed by atoms with E-state index in [1.807, 2.05) is 24.4 Å². The molecule has 0 fully saturated rings. The van der Waals surface area contributed by atoms with Crippen molar-refractivity contribution in [3.8, 4) is 0 Å². The van der Waals surface area contributed by atoms with Crippen LogP contribution in [0.4, 0.5) is 0 Å². The molecule has 90 valence electrons. The molecule has 0 bridgehead atoms. The molecule has 0 amide bonds. The van der Waals surface area contributed by atoms with Crippen LogP contribution in [-0.4, -0.2) is 10.4 Å². The molecule has 0 spiro atoms. The Morgan fingerprint density at radius 2 is 2.00 bits per heavy atom. The Balaban J connectivity index is 2.38. The van der Waals surface area contributed by atoms with Gasteiger partial charge in [-0.3, -0.25) is 4.79 Å². The number of hydrogen-bond acceptors (Lipinski definition) is 1. The SMILES string of the molecule is CCCCCn1cc(C(C)=O)c2ccccc21. The van der Waals surface area contributed by atoms with Crippen LogP contribution < -0.4 is 0 Å². The topological polar surface area (TPSA) is 22.0 Å². The van der Waals surface area contributed by atoms with Crippen LogP contribution in [-0.2, 0) is 6.54 Å². The predicted octanol–water partition coefficient (Wildman–Crippen LogP) is 4.03. The lowest BCUT2D eigenvalue weighted by atomic mass is 10.1. The molecule has 0 aliphatic heterocycles. The van der Waals surface area contributed by atoms with E-state index >= 15 is 0 Å². The number of nitrogens with zero attached hydrogens (tertiary/aromatic N) is 1. The van der Waals surface area contributed by atoms with Crippen molar-refractivity contribution in [1.82, 2.24) is 4.57 Å². The monoisotopic (exact) mass is 229 g/mol. The normalized spacial score (nSPS) is 10.9. The number of ketones is 1. The van der Waals surface area contributed by atoms with E-state index in [-0.39, 0.29) is 5.78 Å². The molecule has 1 heterocycles. The molecule has 0 aliphatic carbocycles. The highest BCUT2D eigenvalue weighted by molar-refractivity contribution is 6.06. The molecule has 2 aromatic rings. The van der Waals surface area contributed by atoms with Crippen LogP contribution in [0.15, 0.2) is 30.5 Å². The minimum absolute atomic E-state index is 0.149. The summed E-state index contributed by atoms with van der Waals surface area (Å²) in [6.07, 6.45) is 5.63. The number of hydrogen-bond donors (Lipinski definition) is 0. The van der Waals surface area contributed by atoms with Crippen molar-refractivity contribution < 1.29 is 4.79 Å². The van der Waals surface area contributed by atoms with Crippen molar-refractivity contribution in [3.63, 3.8) is 0 Å². The molecule has 0 N–H and O–H groups in total. The average Bonchev–Trinajstić information content (AvgIpc) is 2.69. The van der Waals surface area contributed by atoms with Crippen molar-refractivity contribution in [2.45, 2.75) is 39.7 Å². The minimum Gasteiger partial charge on any atom is -0.347 e. The molecule has 1 aromatic carbocycles. The van der Waals surface area contributed by atoms with E-state index in [1.54, 1.807) is 6.92 Å². The first kappa shape index (κ1) is 11.9. The number of benzene rings is 1. The van der Waals surface area contributed by atoms with E-state index in [0.717, 1.165) is 17.5 Å². The summed E-state index contributed by atoms with van der Waals surface area (Å²) >= 11 is 0. The van der Waals surface area contributed by atoms with Gasteiger partial charge in [0.2, 0.25) is 0 Å². The van der Waals surface area contributed by atoms with Gasteiger partial charge in [0.25, 0.3) is 0 Å². The first-order valence-electron chi connectivity index (χ1n) is 6.33. The molecule has 0 radical (unpaired) electrons. The van der Waals surface area contributed by atoms with Crippen LogP contribution in [0.5, 0.6) is 0 Å². The molecule has 17 heavy (non-hydrogen) atoms.